The van der Waals surface area contributed by atoms with Gasteiger partial charge in [0.2, 0.25) is 5.90 Å². The van der Waals surface area contributed by atoms with E-state index in [1.807, 2.05) is 24.3 Å². The first-order valence-electron chi connectivity index (χ1n) is 15.5. The number of aliphatic hydroxyl groups is 1. The van der Waals surface area contributed by atoms with E-state index in [9.17, 15) is 13.2 Å². The van der Waals surface area contributed by atoms with Gasteiger partial charge in [0, 0.05) is 41.6 Å². The van der Waals surface area contributed by atoms with Crippen molar-refractivity contribution < 1.29 is 27.8 Å². The van der Waals surface area contributed by atoms with Gasteiger partial charge in [0.1, 0.15) is 5.75 Å². The third-order valence-corrected chi connectivity index (χ3v) is 10.8. The van der Waals surface area contributed by atoms with Crippen LogP contribution >= 0.6 is 15.9 Å². The van der Waals surface area contributed by atoms with E-state index in [0.29, 0.717) is 42.4 Å². The number of nitrogens with one attached hydrogen (secondary N) is 2. The summed E-state index contributed by atoms with van der Waals surface area (Å²) in [4.78, 5) is 19.5. The number of aliphatic imine (C=N–C) groups is 1. The normalized spacial score (nSPS) is 20.3. The van der Waals surface area contributed by atoms with Crippen molar-refractivity contribution in [3.05, 3.63) is 94.5 Å². The molecule has 1 aliphatic carbocycles. The molecule has 3 N–H and O–H groups in total. The van der Waals surface area contributed by atoms with Crippen LogP contribution in [0.25, 0.3) is 0 Å². The third-order valence-electron chi connectivity index (χ3n) is 8.39. The molecule has 1 heterocycles. The van der Waals surface area contributed by atoms with Gasteiger partial charge in [-0.1, -0.05) is 71.6 Å². The highest BCUT2D eigenvalue weighted by atomic mass is 79.9. The lowest BCUT2D eigenvalue weighted by Crippen LogP contribution is -2.54. The quantitative estimate of drug-likeness (QED) is 0.149. The zero-order valence-electron chi connectivity index (χ0n) is 25.2. The molecule has 3 aromatic rings. The fourth-order valence-electron chi connectivity index (χ4n) is 5.85. The van der Waals surface area contributed by atoms with E-state index in [2.05, 4.69) is 26.8 Å². The fraction of sp³-hybridized carbons (Fsp3) is 0.412. The van der Waals surface area contributed by atoms with Crippen molar-refractivity contribution in [1.82, 2.24) is 10.9 Å². The van der Waals surface area contributed by atoms with E-state index in [1.165, 1.54) is 19.3 Å². The number of ether oxygens (including phenoxy) is 2. The topological polar surface area (TPSA) is 126 Å². The van der Waals surface area contributed by atoms with E-state index in [-0.39, 0.29) is 29.6 Å². The molecular weight excluding hydrogens is 658 g/mol. The number of benzene rings is 3. The number of hydrogen-bond acceptors (Lipinski definition) is 8. The van der Waals surface area contributed by atoms with E-state index < -0.39 is 27.4 Å². The number of aliphatic hydroxyl groups excluding tert-OH is 1. The highest BCUT2D eigenvalue weighted by molar-refractivity contribution is 9.10. The molecule has 1 amide bonds. The number of hydrazine groups is 1. The number of carbonyl (C=O) groups is 1. The van der Waals surface area contributed by atoms with Crippen molar-refractivity contribution in [2.24, 2.45) is 10.9 Å². The van der Waals surface area contributed by atoms with Crippen LogP contribution in [0.5, 0.6) is 5.75 Å². The maximum Gasteiger partial charge on any atom is 0.266 e. The zero-order valence-corrected chi connectivity index (χ0v) is 27.6. The maximum absolute atomic E-state index is 14.3. The van der Waals surface area contributed by atoms with Crippen LogP contribution in [0.4, 0.5) is 0 Å². The van der Waals surface area contributed by atoms with Gasteiger partial charge in [-0.25, -0.2) is 18.8 Å². The lowest BCUT2D eigenvalue weighted by atomic mass is 9.85. The predicted octanol–water partition coefficient (Wildman–Crippen LogP) is 5.53. The summed E-state index contributed by atoms with van der Waals surface area (Å²) < 4.78 is 39.9. The molecule has 9 nitrogen and oxygen atoms in total. The van der Waals surface area contributed by atoms with Gasteiger partial charge in [-0.15, -0.1) is 0 Å². The number of rotatable bonds is 14. The molecule has 1 saturated carbocycles. The summed E-state index contributed by atoms with van der Waals surface area (Å²) in [5, 5.41) is 9.05. The fourth-order valence-corrected chi connectivity index (χ4v) is 7.73. The summed E-state index contributed by atoms with van der Waals surface area (Å²) in [5.74, 6) is 0.548. The minimum atomic E-state index is -3.74. The molecule has 5 rings (SSSR count). The van der Waals surface area contributed by atoms with Gasteiger partial charge in [0.15, 0.2) is 21.5 Å². The van der Waals surface area contributed by atoms with Gasteiger partial charge < -0.3 is 14.6 Å². The first-order valence-corrected chi connectivity index (χ1v) is 17.9. The van der Waals surface area contributed by atoms with Crippen LogP contribution < -0.4 is 15.6 Å². The summed E-state index contributed by atoms with van der Waals surface area (Å²) in [6, 6.07) is 22.8. The summed E-state index contributed by atoms with van der Waals surface area (Å²) in [6.45, 7) is 1.04. The lowest BCUT2D eigenvalue weighted by Gasteiger charge is -2.31. The summed E-state index contributed by atoms with van der Waals surface area (Å²) >= 11 is 3.62. The maximum atomic E-state index is 14.3. The Hall–Kier alpha value is -3.25. The highest BCUT2D eigenvalue weighted by Crippen LogP contribution is 2.45. The Morgan fingerprint density at radius 1 is 1.00 bits per heavy atom. The van der Waals surface area contributed by atoms with Crippen molar-refractivity contribution in [3.63, 3.8) is 0 Å². The first kappa shape index (κ1) is 33.1. The van der Waals surface area contributed by atoms with E-state index >= 15 is 0 Å². The van der Waals surface area contributed by atoms with Crippen LogP contribution in [-0.4, -0.2) is 56.4 Å². The van der Waals surface area contributed by atoms with Gasteiger partial charge >= 0.3 is 0 Å². The molecule has 3 aromatic carbocycles. The van der Waals surface area contributed by atoms with Crippen molar-refractivity contribution in [2.45, 2.75) is 61.5 Å². The summed E-state index contributed by atoms with van der Waals surface area (Å²) in [6.07, 6.45) is 5.30. The van der Waals surface area contributed by atoms with Gasteiger partial charge in [-0.2, -0.15) is 0 Å². The van der Waals surface area contributed by atoms with Gasteiger partial charge in [-0.3, -0.25) is 10.2 Å². The van der Waals surface area contributed by atoms with Crippen LogP contribution in [0.1, 0.15) is 62.2 Å². The molecule has 2 aliphatic rings. The second kappa shape index (κ2) is 15.4. The van der Waals surface area contributed by atoms with Gasteiger partial charge in [0.25, 0.3) is 5.91 Å². The molecule has 0 unspecified atom stereocenters. The van der Waals surface area contributed by atoms with Crippen molar-refractivity contribution in [3.8, 4) is 5.75 Å². The van der Waals surface area contributed by atoms with Crippen molar-refractivity contribution in [1.29, 1.82) is 0 Å². The first-order chi connectivity index (χ1) is 21.8. The molecule has 0 bridgehead atoms. The number of sulfone groups is 1. The predicted molar refractivity (Wildman–Crippen MR) is 177 cm³/mol. The Bertz CT molecular complexity index is 1560. The third kappa shape index (κ3) is 8.13. The Morgan fingerprint density at radius 3 is 2.42 bits per heavy atom. The minimum absolute atomic E-state index is 0.0405. The Kier molecular flexibility index (Phi) is 11.3. The minimum Gasteiger partial charge on any atom is -0.494 e. The Labute approximate surface area is 273 Å². The van der Waals surface area contributed by atoms with Crippen molar-refractivity contribution >= 4 is 37.6 Å². The number of hydrogen-bond donors (Lipinski definition) is 3. The zero-order chi connectivity index (χ0) is 31.7. The van der Waals surface area contributed by atoms with Crippen LogP contribution in [0.2, 0.25) is 0 Å². The summed E-state index contributed by atoms with van der Waals surface area (Å²) in [7, 11) is -3.74. The van der Waals surface area contributed by atoms with Gasteiger partial charge in [-0.05, 0) is 61.2 Å². The van der Waals surface area contributed by atoms with Crippen molar-refractivity contribution in [2.75, 3.05) is 25.5 Å². The van der Waals surface area contributed by atoms with Crippen LogP contribution in [0.3, 0.4) is 0 Å². The molecule has 1 fully saturated rings. The highest BCUT2D eigenvalue weighted by Gasteiger charge is 2.54. The average Bonchev–Trinajstić information content (AvgIpc) is 3.46. The molecule has 0 saturated heterocycles. The second-order valence-electron chi connectivity index (χ2n) is 11.5. The molecule has 45 heavy (non-hydrogen) atoms. The van der Waals surface area contributed by atoms with Crippen LogP contribution in [0, 0.1) is 5.92 Å². The Morgan fingerprint density at radius 2 is 1.71 bits per heavy atom. The molecule has 1 aliphatic heterocycles. The largest absolute Gasteiger partial charge is 0.494 e. The lowest BCUT2D eigenvalue weighted by molar-refractivity contribution is -0.130. The number of halogens is 1. The smallest absolute Gasteiger partial charge is 0.266 e. The molecule has 0 aromatic heterocycles. The monoisotopic (exact) mass is 697 g/mol. The number of amides is 1. The molecule has 11 heteroatoms. The molecule has 240 valence electrons. The van der Waals surface area contributed by atoms with E-state index in [1.54, 1.807) is 54.6 Å². The van der Waals surface area contributed by atoms with Gasteiger partial charge in [0.05, 0.1) is 17.3 Å². The van der Waals surface area contributed by atoms with Crippen LogP contribution in [0.15, 0.2) is 93.2 Å². The molecule has 0 radical (unpaired) electrons. The summed E-state index contributed by atoms with van der Waals surface area (Å²) in [5.41, 5.74) is 5.73. The second-order valence-corrected chi connectivity index (χ2v) is 14.5. The average molecular weight is 699 g/mol. The SMILES string of the molecule is O=C(NNCC1CCCCC1)[C@@]1(CCS(=O)(=O)c2ccccc2)N=C(c2ccc(OCCCO)cc2)O[C@H]1c1ccccc1Br. The molecular formula is C34H40BrN3O6S. The standard InChI is InChI=1S/C34H40BrN3O6S/c35-30-15-8-7-14-29(30)31-34(20-23-45(41,42)28-12-5-2-6-13-28,33(40)38-36-24-25-10-3-1-4-11-25)37-32(44-31)26-16-18-27(19-17-26)43-22-9-21-39/h2,5-8,12-19,25,31,36,39H,1,3-4,9-11,20-24H2,(H,38,40)/t31-,34-/m0/s1. The number of carbonyl (C=O) groups excluding carboxylic acids is 1. The molecule has 2 atom stereocenters. The van der Waals surface area contributed by atoms with E-state index in [4.69, 9.17) is 19.6 Å². The molecule has 0 spiro atoms. The van der Waals surface area contributed by atoms with Crippen LogP contribution in [-0.2, 0) is 19.4 Å². The Balaban J connectivity index is 1.50. The van der Waals surface area contributed by atoms with E-state index in [0.717, 1.165) is 17.3 Å². The number of nitrogens with zero attached hydrogens (tertiary/aromatic N) is 1.